The second kappa shape index (κ2) is 8.58. The van der Waals surface area contributed by atoms with E-state index in [1.54, 1.807) is 6.21 Å². The maximum atomic E-state index is 12.0. The average molecular weight is 367 g/mol. The second-order valence-corrected chi connectivity index (χ2v) is 6.94. The minimum absolute atomic E-state index is 0.192. The Kier molecular flexibility index (Phi) is 5.96. The van der Waals surface area contributed by atoms with Gasteiger partial charge in [-0.25, -0.2) is 10.4 Å². The van der Waals surface area contributed by atoms with Crippen LogP contribution in [0.2, 0.25) is 0 Å². The Morgan fingerprint density at radius 2 is 2.15 bits per heavy atom. The van der Waals surface area contributed by atoms with Crippen LogP contribution in [0.3, 0.4) is 0 Å². The molecule has 0 atom stereocenters. The predicted molar refractivity (Wildman–Crippen MR) is 106 cm³/mol. The molecule has 1 heterocycles. The number of ether oxygens (including phenoxy) is 1. The fraction of sp³-hybridized carbons (Fsp3) is 0.250. The number of hydrogen-bond acceptors (Lipinski definition) is 5. The Bertz CT molecular complexity index is 934. The van der Waals surface area contributed by atoms with E-state index < -0.39 is 0 Å². The molecule has 0 fully saturated rings. The molecule has 0 aliphatic heterocycles. The summed E-state index contributed by atoms with van der Waals surface area (Å²) in [5, 5.41) is 9.11. The lowest BCUT2D eigenvalue weighted by molar-refractivity contribution is -0.120. The van der Waals surface area contributed by atoms with Crippen molar-refractivity contribution in [3.63, 3.8) is 0 Å². The molecule has 2 aromatic carbocycles. The molecule has 6 heteroatoms. The summed E-state index contributed by atoms with van der Waals surface area (Å²) < 4.78 is 5.84. The first-order valence-corrected chi connectivity index (χ1v) is 9.43. The average Bonchev–Trinajstić information content (AvgIpc) is 3.05. The molecule has 0 saturated heterocycles. The molecular formula is C20H21N3O2S. The highest BCUT2D eigenvalue weighted by Crippen LogP contribution is 2.26. The normalized spacial score (nSPS) is 11.2. The van der Waals surface area contributed by atoms with Gasteiger partial charge in [0, 0.05) is 10.9 Å². The highest BCUT2D eigenvalue weighted by Gasteiger charge is 2.08. The minimum atomic E-state index is -0.192. The lowest BCUT2D eigenvalue weighted by atomic mass is 10.0. The minimum Gasteiger partial charge on any atom is -0.493 e. The van der Waals surface area contributed by atoms with Crippen LogP contribution < -0.4 is 10.2 Å². The number of fused-ring (bicyclic) bond motifs is 1. The van der Waals surface area contributed by atoms with Crippen LogP contribution in [0.1, 0.15) is 29.6 Å². The molecule has 134 valence electrons. The fourth-order valence-electron chi connectivity index (χ4n) is 2.61. The number of carbonyl (C=O) groups is 1. The summed E-state index contributed by atoms with van der Waals surface area (Å²) in [5.74, 6) is 0.571. The molecule has 3 rings (SSSR count). The lowest BCUT2D eigenvalue weighted by Crippen LogP contribution is -2.20. The number of hydrazone groups is 1. The van der Waals surface area contributed by atoms with Gasteiger partial charge in [-0.3, -0.25) is 4.79 Å². The van der Waals surface area contributed by atoms with Crippen molar-refractivity contribution in [1.82, 2.24) is 10.4 Å². The number of thiazole rings is 1. The van der Waals surface area contributed by atoms with Gasteiger partial charge in [-0.2, -0.15) is 5.10 Å². The molecule has 1 amide bonds. The van der Waals surface area contributed by atoms with E-state index in [1.165, 1.54) is 11.3 Å². The van der Waals surface area contributed by atoms with Gasteiger partial charge in [0.1, 0.15) is 5.75 Å². The van der Waals surface area contributed by atoms with Crippen LogP contribution in [0.5, 0.6) is 5.75 Å². The van der Waals surface area contributed by atoms with Gasteiger partial charge < -0.3 is 4.74 Å². The van der Waals surface area contributed by atoms with E-state index in [2.05, 4.69) is 22.4 Å². The Balaban J connectivity index is 1.77. The van der Waals surface area contributed by atoms with Crippen molar-refractivity contribution in [2.24, 2.45) is 5.10 Å². The number of carbonyl (C=O) groups excluding carboxylic acids is 1. The Morgan fingerprint density at radius 3 is 2.92 bits per heavy atom. The van der Waals surface area contributed by atoms with Crippen molar-refractivity contribution in [2.45, 2.75) is 26.7 Å². The first-order chi connectivity index (χ1) is 12.7. The third-order valence-corrected chi connectivity index (χ3v) is 4.61. The number of nitrogens with zero attached hydrogens (tertiary/aromatic N) is 2. The fourth-order valence-corrected chi connectivity index (χ4v) is 3.22. The third-order valence-electron chi connectivity index (χ3n) is 3.78. The van der Waals surface area contributed by atoms with Crippen molar-refractivity contribution in [1.29, 1.82) is 0 Å². The van der Waals surface area contributed by atoms with Gasteiger partial charge in [0.25, 0.3) is 0 Å². The number of hydrogen-bond donors (Lipinski definition) is 1. The molecule has 0 spiro atoms. The molecule has 0 saturated carbocycles. The number of amides is 1. The van der Waals surface area contributed by atoms with E-state index in [1.807, 2.05) is 48.7 Å². The highest BCUT2D eigenvalue weighted by atomic mass is 32.1. The zero-order valence-corrected chi connectivity index (χ0v) is 15.7. The van der Waals surface area contributed by atoms with E-state index >= 15 is 0 Å². The molecule has 3 aromatic rings. The molecular weight excluding hydrogens is 346 g/mol. The van der Waals surface area contributed by atoms with Gasteiger partial charge in [0.15, 0.2) is 0 Å². The second-order valence-electron chi connectivity index (χ2n) is 5.87. The largest absolute Gasteiger partial charge is 0.493 e. The molecule has 0 radical (unpaired) electrons. The Hall–Kier alpha value is -2.73. The highest BCUT2D eigenvalue weighted by molar-refractivity contribution is 7.09. The van der Waals surface area contributed by atoms with E-state index in [0.29, 0.717) is 6.61 Å². The summed E-state index contributed by atoms with van der Waals surface area (Å²) in [6.07, 6.45) is 2.79. The van der Waals surface area contributed by atoms with E-state index in [4.69, 9.17) is 4.74 Å². The van der Waals surface area contributed by atoms with Gasteiger partial charge >= 0.3 is 0 Å². The third kappa shape index (κ3) is 4.46. The first-order valence-electron chi connectivity index (χ1n) is 8.55. The van der Waals surface area contributed by atoms with Crippen LogP contribution in [-0.2, 0) is 11.2 Å². The molecule has 0 aliphatic rings. The molecule has 26 heavy (non-hydrogen) atoms. The van der Waals surface area contributed by atoms with Gasteiger partial charge in [-0.15, -0.1) is 11.3 Å². The predicted octanol–water partition coefficient (Wildman–Crippen LogP) is 4.09. The zero-order valence-electron chi connectivity index (χ0n) is 14.9. The molecule has 1 aromatic heterocycles. The van der Waals surface area contributed by atoms with Gasteiger partial charge in [-0.05, 0) is 30.2 Å². The van der Waals surface area contributed by atoms with Crippen molar-refractivity contribution < 1.29 is 9.53 Å². The Morgan fingerprint density at radius 1 is 1.31 bits per heavy atom. The smallest absolute Gasteiger partial charge is 0.246 e. The van der Waals surface area contributed by atoms with Crippen LogP contribution in [0.4, 0.5) is 0 Å². The summed E-state index contributed by atoms with van der Waals surface area (Å²) in [7, 11) is 0. The van der Waals surface area contributed by atoms with Crippen molar-refractivity contribution in [3.8, 4) is 5.75 Å². The van der Waals surface area contributed by atoms with Gasteiger partial charge in [0.05, 0.1) is 29.9 Å². The number of nitrogens with one attached hydrogen (secondary N) is 1. The SMILES string of the molecule is CCCOc1ccc2ccccc2c1/C=N\NC(=O)Cc1csc(C)n1. The maximum Gasteiger partial charge on any atom is 0.246 e. The van der Waals surface area contributed by atoms with E-state index in [0.717, 1.165) is 39.2 Å². The van der Waals surface area contributed by atoms with Crippen LogP contribution >= 0.6 is 11.3 Å². The van der Waals surface area contributed by atoms with Crippen molar-refractivity contribution in [2.75, 3.05) is 6.61 Å². The molecule has 0 bridgehead atoms. The van der Waals surface area contributed by atoms with Gasteiger partial charge in [-0.1, -0.05) is 37.3 Å². The number of benzene rings is 2. The first kappa shape index (κ1) is 18.1. The summed E-state index contributed by atoms with van der Waals surface area (Å²) in [4.78, 5) is 16.3. The monoisotopic (exact) mass is 367 g/mol. The van der Waals surface area contributed by atoms with Crippen molar-refractivity contribution >= 4 is 34.2 Å². The standard InChI is InChI=1S/C20H21N3O2S/c1-3-10-25-19-9-8-15-6-4-5-7-17(15)18(19)12-21-23-20(24)11-16-13-26-14(2)22-16/h4-9,12-13H,3,10-11H2,1-2H3,(H,23,24)/b21-12-. The lowest BCUT2D eigenvalue weighted by Gasteiger charge is -2.11. The number of aryl methyl sites for hydroxylation is 1. The van der Waals surface area contributed by atoms with E-state index in [9.17, 15) is 4.79 Å². The van der Waals surface area contributed by atoms with Crippen LogP contribution in [0, 0.1) is 6.92 Å². The molecule has 0 unspecified atom stereocenters. The van der Waals surface area contributed by atoms with Gasteiger partial charge in [0.2, 0.25) is 5.91 Å². The Labute approximate surface area is 156 Å². The summed E-state index contributed by atoms with van der Waals surface area (Å²) in [5.41, 5.74) is 4.20. The van der Waals surface area contributed by atoms with Crippen LogP contribution in [0.25, 0.3) is 10.8 Å². The molecule has 5 nitrogen and oxygen atoms in total. The molecule has 0 aliphatic carbocycles. The zero-order chi connectivity index (χ0) is 18.4. The summed E-state index contributed by atoms with van der Waals surface area (Å²) in [6, 6.07) is 12.0. The topological polar surface area (TPSA) is 63.6 Å². The van der Waals surface area contributed by atoms with Crippen molar-refractivity contribution in [3.05, 3.63) is 58.0 Å². The number of rotatable bonds is 7. The summed E-state index contributed by atoms with van der Waals surface area (Å²) in [6.45, 7) is 4.62. The molecule has 1 N–H and O–H groups in total. The van der Waals surface area contributed by atoms with Crippen LogP contribution in [0.15, 0.2) is 46.9 Å². The quantitative estimate of drug-likeness (QED) is 0.505. The number of aromatic nitrogens is 1. The maximum absolute atomic E-state index is 12.0. The van der Waals surface area contributed by atoms with Crippen LogP contribution in [-0.4, -0.2) is 23.7 Å². The summed E-state index contributed by atoms with van der Waals surface area (Å²) >= 11 is 1.53. The van der Waals surface area contributed by atoms with E-state index in [-0.39, 0.29) is 12.3 Å².